The van der Waals surface area contributed by atoms with Gasteiger partial charge in [0.15, 0.2) is 0 Å². The van der Waals surface area contributed by atoms with Gasteiger partial charge in [-0.2, -0.15) is 5.10 Å². The Bertz CT molecular complexity index is 573. The van der Waals surface area contributed by atoms with Crippen molar-refractivity contribution in [1.82, 2.24) is 9.91 Å². The van der Waals surface area contributed by atoms with Crippen LogP contribution in [0.3, 0.4) is 0 Å². The molecule has 0 aromatic heterocycles. The number of aliphatic hydroxyl groups excluding tert-OH is 1. The third-order valence-corrected chi connectivity index (χ3v) is 3.73. The minimum Gasteiger partial charge on any atom is -0.391 e. The van der Waals surface area contributed by atoms with Crippen LogP contribution in [0.5, 0.6) is 0 Å². The fourth-order valence-corrected chi connectivity index (χ4v) is 2.70. The molecule has 2 amide bonds. The van der Waals surface area contributed by atoms with Gasteiger partial charge < -0.3 is 10.0 Å². The Morgan fingerprint density at radius 2 is 2.00 bits per heavy atom. The average Bonchev–Trinajstić information content (AvgIpc) is 3.05. The highest BCUT2D eigenvalue weighted by atomic mass is 19.1. The lowest BCUT2D eigenvalue weighted by Gasteiger charge is -2.27. The van der Waals surface area contributed by atoms with Crippen LogP contribution < -0.4 is 0 Å². The maximum Gasteiger partial charge on any atom is 0.341 e. The summed E-state index contributed by atoms with van der Waals surface area (Å²) in [6.07, 6.45) is 1.97. The van der Waals surface area contributed by atoms with Crippen LogP contribution >= 0.6 is 0 Å². The highest BCUT2D eigenvalue weighted by Gasteiger charge is 2.34. The Morgan fingerprint density at radius 1 is 1.29 bits per heavy atom. The Labute approximate surface area is 120 Å². The molecule has 2 aliphatic heterocycles. The van der Waals surface area contributed by atoms with E-state index >= 15 is 0 Å². The number of urea groups is 1. The molecule has 0 radical (unpaired) electrons. The number of amides is 2. The normalized spacial score (nSPS) is 24.9. The zero-order valence-electron chi connectivity index (χ0n) is 11.2. The quantitative estimate of drug-likeness (QED) is 0.860. The molecule has 7 heteroatoms. The Morgan fingerprint density at radius 3 is 2.62 bits per heavy atom. The maximum atomic E-state index is 13.3. The van der Waals surface area contributed by atoms with E-state index in [9.17, 15) is 18.7 Å². The van der Waals surface area contributed by atoms with E-state index in [1.54, 1.807) is 6.21 Å². The predicted octanol–water partition coefficient (Wildman–Crippen LogP) is 1.88. The highest BCUT2D eigenvalue weighted by molar-refractivity contribution is 5.78. The summed E-state index contributed by atoms with van der Waals surface area (Å²) in [5.41, 5.74) is 0.373. The first-order valence-corrected chi connectivity index (χ1v) is 6.79. The van der Waals surface area contributed by atoms with Gasteiger partial charge in [-0.3, -0.25) is 0 Å². The molecular weight excluding hydrogens is 280 g/mol. The van der Waals surface area contributed by atoms with Crippen LogP contribution in [0.2, 0.25) is 0 Å². The molecule has 1 N–H and O–H groups in total. The van der Waals surface area contributed by atoms with Crippen molar-refractivity contribution in [3.8, 4) is 0 Å². The number of β-amino-alcohol motifs (C(OH)–C–C–N with tert-alkyl or cyclic N) is 1. The number of hydrogen-bond donors (Lipinski definition) is 1. The van der Waals surface area contributed by atoms with Gasteiger partial charge in [0.1, 0.15) is 11.6 Å². The first-order chi connectivity index (χ1) is 10.0. The van der Waals surface area contributed by atoms with E-state index in [0.29, 0.717) is 24.9 Å². The van der Waals surface area contributed by atoms with Crippen LogP contribution in [0.1, 0.15) is 24.4 Å². The Kier molecular flexibility index (Phi) is 3.59. The lowest BCUT2D eigenvalue weighted by Crippen LogP contribution is -2.40. The van der Waals surface area contributed by atoms with Crippen LogP contribution in [-0.4, -0.2) is 46.5 Å². The van der Waals surface area contributed by atoms with Gasteiger partial charge in [-0.05, 0) is 24.1 Å². The fraction of sp³-hybridized carbons (Fsp3) is 0.429. The topological polar surface area (TPSA) is 56.1 Å². The summed E-state index contributed by atoms with van der Waals surface area (Å²) < 4.78 is 26.7. The van der Waals surface area contributed by atoms with Gasteiger partial charge >= 0.3 is 6.03 Å². The lowest BCUT2D eigenvalue weighted by molar-refractivity contribution is 0.138. The van der Waals surface area contributed by atoms with E-state index in [2.05, 4.69) is 5.10 Å². The monoisotopic (exact) mass is 295 g/mol. The van der Waals surface area contributed by atoms with Gasteiger partial charge in [0.05, 0.1) is 12.1 Å². The first kappa shape index (κ1) is 13.9. The van der Waals surface area contributed by atoms with E-state index in [1.165, 1.54) is 22.0 Å². The number of aliphatic hydroxyl groups is 1. The summed E-state index contributed by atoms with van der Waals surface area (Å²) in [5, 5.41) is 14.7. The second-order valence-corrected chi connectivity index (χ2v) is 5.27. The summed E-state index contributed by atoms with van der Waals surface area (Å²) in [4.78, 5) is 13.9. The number of likely N-dealkylation sites (tertiary alicyclic amines) is 1. The van der Waals surface area contributed by atoms with Gasteiger partial charge in [0, 0.05) is 31.8 Å². The summed E-state index contributed by atoms with van der Waals surface area (Å²) in [7, 11) is 0. The van der Waals surface area contributed by atoms with Gasteiger partial charge in [-0.1, -0.05) is 0 Å². The van der Waals surface area contributed by atoms with E-state index < -0.39 is 23.8 Å². The molecular formula is C14H15F2N3O2. The van der Waals surface area contributed by atoms with Crippen LogP contribution in [0, 0.1) is 11.6 Å². The summed E-state index contributed by atoms with van der Waals surface area (Å²) in [6.45, 7) is 0.714. The number of rotatable bonds is 1. The molecule has 0 spiro atoms. The van der Waals surface area contributed by atoms with Crippen LogP contribution in [0.4, 0.5) is 13.6 Å². The van der Waals surface area contributed by atoms with Crippen LogP contribution in [0.25, 0.3) is 0 Å². The van der Waals surface area contributed by atoms with Crippen molar-refractivity contribution in [3.05, 3.63) is 35.4 Å². The molecule has 0 unspecified atom stereocenters. The number of benzene rings is 1. The van der Waals surface area contributed by atoms with Gasteiger partial charge in [0.2, 0.25) is 0 Å². The first-order valence-electron chi connectivity index (χ1n) is 6.79. The summed E-state index contributed by atoms with van der Waals surface area (Å²) >= 11 is 0. The summed E-state index contributed by atoms with van der Waals surface area (Å²) in [5.74, 6) is -1.36. The molecule has 1 aromatic carbocycles. The number of hydrogen-bond acceptors (Lipinski definition) is 3. The SMILES string of the molecule is O=C(N1CC[C@@H](O)C1)N1N=CC[C@H]1c1cc(F)cc(F)c1. The molecule has 0 saturated carbocycles. The van der Waals surface area contributed by atoms with E-state index in [0.717, 1.165) is 6.07 Å². The average molecular weight is 295 g/mol. The lowest BCUT2D eigenvalue weighted by atomic mass is 10.0. The van der Waals surface area contributed by atoms with Crippen molar-refractivity contribution >= 4 is 12.2 Å². The molecule has 21 heavy (non-hydrogen) atoms. The van der Waals surface area contributed by atoms with Gasteiger partial charge in [-0.25, -0.2) is 18.6 Å². The fourth-order valence-electron chi connectivity index (χ4n) is 2.70. The van der Waals surface area contributed by atoms with E-state index in [-0.39, 0.29) is 12.6 Å². The Balaban J connectivity index is 1.81. The molecule has 1 aromatic rings. The third kappa shape index (κ3) is 2.73. The van der Waals surface area contributed by atoms with Crippen LogP contribution in [0.15, 0.2) is 23.3 Å². The molecule has 0 aliphatic carbocycles. The molecule has 112 valence electrons. The number of carbonyl (C=O) groups excluding carboxylic acids is 1. The number of nitrogens with zero attached hydrogens (tertiary/aromatic N) is 3. The molecule has 3 rings (SSSR count). The van der Waals surface area contributed by atoms with E-state index in [4.69, 9.17) is 0 Å². The minimum absolute atomic E-state index is 0.259. The predicted molar refractivity (Wildman–Crippen MR) is 71.6 cm³/mol. The number of hydrazone groups is 1. The van der Waals surface area contributed by atoms with Crippen molar-refractivity contribution in [3.63, 3.8) is 0 Å². The zero-order chi connectivity index (χ0) is 15.0. The maximum absolute atomic E-state index is 13.3. The minimum atomic E-state index is -0.680. The third-order valence-electron chi connectivity index (χ3n) is 3.73. The largest absolute Gasteiger partial charge is 0.391 e. The zero-order valence-corrected chi connectivity index (χ0v) is 11.2. The molecule has 2 atom stereocenters. The summed E-state index contributed by atoms with van der Waals surface area (Å²) in [6, 6.07) is 2.35. The number of carbonyl (C=O) groups is 1. The standard InChI is InChI=1S/C14H15F2N3O2/c15-10-5-9(6-11(16)7-10)13-1-3-17-19(13)14(21)18-4-2-12(20)8-18/h3,5-7,12-13,20H,1-2,4,8H2/t12-,13+/m1/s1. The molecule has 5 nitrogen and oxygen atoms in total. The second-order valence-electron chi connectivity index (χ2n) is 5.27. The second kappa shape index (κ2) is 5.40. The van der Waals surface area contributed by atoms with E-state index in [1.807, 2.05) is 0 Å². The van der Waals surface area contributed by atoms with Crippen molar-refractivity contribution in [2.45, 2.75) is 25.0 Å². The molecule has 2 heterocycles. The molecule has 1 fully saturated rings. The molecule has 2 aliphatic rings. The van der Waals surface area contributed by atoms with Crippen molar-refractivity contribution in [2.24, 2.45) is 5.10 Å². The van der Waals surface area contributed by atoms with Crippen molar-refractivity contribution < 1.29 is 18.7 Å². The van der Waals surface area contributed by atoms with Crippen molar-refractivity contribution in [2.75, 3.05) is 13.1 Å². The van der Waals surface area contributed by atoms with Crippen LogP contribution in [-0.2, 0) is 0 Å². The molecule has 0 bridgehead atoms. The Hall–Kier alpha value is -2.02. The molecule has 1 saturated heterocycles. The highest BCUT2D eigenvalue weighted by Crippen LogP contribution is 2.30. The van der Waals surface area contributed by atoms with Gasteiger partial charge in [-0.15, -0.1) is 0 Å². The number of halogens is 2. The smallest absolute Gasteiger partial charge is 0.341 e. The van der Waals surface area contributed by atoms with Gasteiger partial charge in [0.25, 0.3) is 0 Å². The van der Waals surface area contributed by atoms with Crippen molar-refractivity contribution in [1.29, 1.82) is 0 Å².